The molecule has 1 saturated heterocycles. The lowest BCUT2D eigenvalue weighted by atomic mass is 10.0. The molecule has 2 aromatic carbocycles. The topological polar surface area (TPSA) is 139 Å². The number of halogens is 2. The second kappa shape index (κ2) is 9.57. The van der Waals surface area contributed by atoms with Crippen LogP contribution in [0, 0.1) is 5.92 Å². The molecule has 2 aliphatic rings. The molecule has 0 radical (unpaired) electrons. The summed E-state index contributed by atoms with van der Waals surface area (Å²) in [5.74, 6) is -0.111. The average molecular weight is 504 g/mol. The molecule has 1 aliphatic heterocycles. The number of amides is 2. The fraction of sp³-hybridized carbons (Fsp3) is 0.318. The summed E-state index contributed by atoms with van der Waals surface area (Å²) in [7, 11) is 0. The fourth-order valence-corrected chi connectivity index (χ4v) is 4.68. The first kappa shape index (κ1) is 23.9. The number of carbonyl (C=O) groups excluding carboxylic acids is 2. The van der Waals surface area contributed by atoms with Gasteiger partial charge in [-0.05, 0) is 70.6 Å². The fourth-order valence-electron chi connectivity index (χ4n) is 4.48. The molecule has 34 heavy (non-hydrogen) atoms. The Labute approximate surface area is 206 Å². The molecule has 0 unspecified atom stereocenters. The summed E-state index contributed by atoms with van der Waals surface area (Å²) < 4.78 is 1.50. The van der Waals surface area contributed by atoms with Gasteiger partial charge in [0.25, 0.3) is 0 Å². The Kier molecular flexibility index (Phi) is 6.74. The Bertz CT molecular complexity index is 1190. The van der Waals surface area contributed by atoms with Crippen LogP contribution in [0.1, 0.15) is 30.0 Å². The summed E-state index contributed by atoms with van der Waals surface area (Å²) >= 11 is 6.16. The minimum Gasteiger partial charge on any atom is -0.508 e. The molecule has 4 atom stereocenters. The van der Waals surface area contributed by atoms with Crippen LogP contribution in [0.25, 0.3) is 5.69 Å². The van der Waals surface area contributed by atoms with Gasteiger partial charge in [-0.25, -0.2) is 4.68 Å². The largest absolute Gasteiger partial charge is 0.508 e. The smallest absolute Gasteiger partial charge is 0.245 e. The Morgan fingerprint density at radius 2 is 1.97 bits per heavy atom. The molecule has 2 heterocycles. The standard InChI is InChI=1S/C22H22ClN7O3.ClH/c23-15-3-6-17(29-11-26-27-28-29)14(7-15)10-25-21(32)19-9-13-8-18(13)30(19)22(33)20(24)12-1-4-16(31)5-2-12;/h1-7,11,13,18-20,31H,8-10,24H2,(H,25,32);1H/t13-,18-,19-,20+;/m0./s1. The molecule has 2 fully saturated rings. The number of phenols is 1. The van der Waals surface area contributed by atoms with E-state index in [1.807, 2.05) is 0 Å². The molecule has 178 valence electrons. The molecule has 2 amide bonds. The lowest BCUT2D eigenvalue weighted by Gasteiger charge is -2.29. The Hall–Kier alpha value is -3.21. The number of nitrogens with one attached hydrogen (secondary N) is 1. The number of nitrogens with zero attached hydrogens (tertiary/aromatic N) is 5. The third-order valence-corrected chi connectivity index (χ3v) is 6.51. The van der Waals surface area contributed by atoms with Crippen molar-refractivity contribution in [1.29, 1.82) is 0 Å². The van der Waals surface area contributed by atoms with Crippen molar-refractivity contribution in [2.24, 2.45) is 11.7 Å². The second-order valence-electron chi connectivity index (χ2n) is 8.37. The number of carbonyl (C=O) groups is 2. The van der Waals surface area contributed by atoms with Crippen LogP contribution in [0.4, 0.5) is 0 Å². The van der Waals surface area contributed by atoms with E-state index in [4.69, 9.17) is 17.3 Å². The number of rotatable bonds is 6. The summed E-state index contributed by atoms with van der Waals surface area (Å²) in [5, 5.41) is 24.2. The van der Waals surface area contributed by atoms with Crippen molar-refractivity contribution in [1.82, 2.24) is 30.4 Å². The van der Waals surface area contributed by atoms with E-state index in [1.165, 1.54) is 23.1 Å². The molecule has 0 bridgehead atoms. The first-order valence-electron chi connectivity index (χ1n) is 10.6. The maximum Gasteiger partial charge on any atom is 0.245 e. The molecule has 10 nitrogen and oxygen atoms in total. The van der Waals surface area contributed by atoms with Gasteiger partial charge in [0, 0.05) is 17.6 Å². The summed E-state index contributed by atoms with van der Waals surface area (Å²) in [6.07, 6.45) is 2.96. The van der Waals surface area contributed by atoms with Gasteiger partial charge in [-0.15, -0.1) is 17.5 Å². The first-order chi connectivity index (χ1) is 15.9. The van der Waals surface area contributed by atoms with Crippen molar-refractivity contribution < 1.29 is 14.7 Å². The molecular weight excluding hydrogens is 481 g/mol. The number of hydrogen-bond acceptors (Lipinski definition) is 7. The van der Waals surface area contributed by atoms with Crippen LogP contribution in [0.3, 0.4) is 0 Å². The molecule has 5 rings (SSSR count). The van der Waals surface area contributed by atoms with Gasteiger partial charge >= 0.3 is 0 Å². The SMILES string of the molecule is Cl.N[C@@H](C(=O)N1[C@H](C(=O)NCc2cc(Cl)ccc2-n2cnnn2)C[C@@H]2C[C@@H]21)c1ccc(O)cc1. The van der Waals surface area contributed by atoms with Crippen LogP contribution in [-0.4, -0.2) is 54.1 Å². The van der Waals surface area contributed by atoms with Crippen LogP contribution in [0.2, 0.25) is 5.02 Å². The van der Waals surface area contributed by atoms with E-state index in [-0.39, 0.29) is 42.6 Å². The third-order valence-electron chi connectivity index (χ3n) is 6.27. The van der Waals surface area contributed by atoms with E-state index in [9.17, 15) is 14.7 Å². The van der Waals surface area contributed by atoms with Crippen molar-refractivity contribution >= 4 is 35.8 Å². The number of phenolic OH excluding ortho intramolecular Hbond substituents is 1. The van der Waals surface area contributed by atoms with Crippen LogP contribution in [-0.2, 0) is 16.1 Å². The highest BCUT2D eigenvalue weighted by Crippen LogP contribution is 2.48. The molecule has 1 saturated carbocycles. The van der Waals surface area contributed by atoms with Gasteiger partial charge in [-0.1, -0.05) is 23.7 Å². The zero-order chi connectivity index (χ0) is 23.1. The van der Waals surface area contributed by atoms with Crippen molar-refractivity contribution in [2.45, 2.75) is 37.5 Å². The highest BCUT2D eigenvalue weighted by molar-refractivity contribution is 6.30. The predicted octanol–water partition coefficient (Wildman–Crippen LogP) is 1.75. The molecular formula is C22H23Cl2N7O3. The van der Waals surface area contributed by atoms with E-state index in [2.05, 4.69) is 20.8 Å². The lowest BCUT2D eigenvalue weighted by molar-refractivity contribution is -0.140. The highest BCUT2D eigenvalue weighted by atomic mass is 35.5. The molecule has 4 N–H and O–H groups in total. The molecule has 0 spiro atoms. The van der Waals surface area contributed by atoms with Crippen LogP contribution in [0.5, 0.6) is 5.75 Å². The van der Waals surface area contributed by atoms with Gasteiger partial charge in [0.2, 0.25) is 11.8 Å². The van der Waals surface area contributed by atoms with Crippen molar-refractivity contribution in [3.63, 3.8) is 0 Å². The average Bonchev–Trinajstić information content (AvgIpc) is 3.21. The lowest BCUT2D eigenvalue weighted by Crippen LogP contribution is -2.50. The van der Waals surface area contributed by atoms with Gasteiger partial charge in [0.1, 0.15) is 24.2 Å². The normalized spacial score (nSPS) is 21.4. The van der Waals surface area contributed by atoms with Gasteiger partial charge in [0.05, 0.1) is 5.69 Å². The number of likely N-dealkylation sites (tertiary alicyclic amines) is 1. The van der Waals surface area contributed by atoms with Crippen molar-refractivity contribution in [2.75, 3.05) is 0 Å². The zero-order valence-electron chi connectivity index (χ0n) is 17.9. The quantitative estimate of drug-likeness (QED) is 0.465. The Morgan fingerprint density at radius 3 is 2.68 bits per heavy atom. The minimum atomic E-state index is -0.903. The van der Waals surface area contributed by atoms with E-state index >= 15 is 0 Å². The molecule has 1 aromatic heterocycles. The van der Waals surface area contributed by atoms with Gasteiger partial charge in [-0.3, -0.25) is 9.59 Å². The Morgan fingerprint density at radius 1 is 1.21 bits per heavy atom. The number of fused-ring (bicyclic) bond motifs is 1. The Balaban J connectivity index is 0.00000274. The predicted molar refractivity (Wildman–Crippen MR) is 125 cm³/mol. The number of hydrogen-bond donors (Lipinski definition) is 3. The number of benzene rings is 2. The highest BCUT2D eigenvalue weighted by Gasteiger charge is 2.56. The van der Waals surface area contributed by atoms with E-state index < -0.39 is 12.1 Å². The van der Waals surface area contributed by atoms with Crippen molar-refractivity contribution in [3.05, 3.63) is 64.9 Å². The summed E-state index contributed by atoms with van der Waals surface area (Å²) in [6, 6.07) is 10.0. The number of piperidine rings is 1. The first-order valence-corrected chi connectivity index (χ1v) is 11.0. The monoisotopic (exact) mass is 503 g/mol. The molecule has 3 aromatic rings. The second-order valence-corrected chi connectivity index (χ2v) is 8.81. The van der Waals surface area contributed by atoms with E-state index in [1.54, 1.807) is 35.2 Å². The van der Waals surface area contributed by atoms with E-state index in [0.717, 1.165) is 12.0 Å². The summed E-state index contributed by atoms with van der Waals surface area (Å²) in [5.41, 5.74) is 8.25. The van der Waals surface area contributed by atoms with Crippen molar-refractivity contribution in [3.8, 4) is 11.4 Å². The van der Waals surface area contributed by atoms with Gasteiger partial charge < -0.3 is 21.1 Å². The van der Waals surface area contributed by atoms with Crippen LogP contribution < -0.4 is 11.1 Å². The molecule has 1 aliphatic carbocycles. The summed E-state index contributed by atoms with van der Waals surface area (Å²) in [4.78, 5) is 28.0. The maximum absolute atomic E-state index is 13.2. The number of aromatic nitrogens is 4. The number of nitrogens with two attached hydrogens (primary N) is 1. The minimum absolute atomic E-state index is 0. The van der Waals surface area contributed by atoms with Gasteiger partial charge in [0.15, 0.2) is 0 Å². The zero-order valence-corrected chi connectivity index (χ0v) is 19.5. The summed E-state index contributed by atoms with van der Waals surface area (Å²) in [6.45, 7) is 0.201. The maximum atomic E-state index is 13.2. The number of aromatic hydroxyl groups is 1. The number of tetrazole rings is 1. The molecule has 12 heteroatoms. The van der Waals surface area contributed by atoms with Gasteiger partial charge in [-0.2, -0.15) is 0 Å². The van der Waals surface area contributed by atoms with Crippen LogP contribution >= 0.6 is 24.0 Å². The third kappa shape index (κ3) is 4.56. The van der Waals surface area contributed by atoms with E-state index in [0.29, 0.717) is 28.6 Å². The van der Waals surface area contributed by atoms with Crippen LogP contribution in [0.15, 0.2) is 48.8 Å².